The molecule has 0 radical (unpaired) electrons. The van der Waals surface area contributed by atoms with Crippen LogP contribution in [0, 0.1) is 0 Å². The van der Waals surface area contributed by atoms with Crippen LogP contribution in [0.4, 0.5) is 0 Å². The molecule has 0 bridgehead atoms. The number of hydrogen-bond acceptors (Lipinski definition) is 2. The van der Waals surface area contributed by atoms with Crippen LogP contribution >= 0.6 is 0 Å². The molecule has 0 aromatic rings. The van der Waals surface area contributed by atoms with Crippen LogP contribution in [-0.2, 0) is 0 Å². The summed E-state index contributed by atoms with van der Waals surface area (Å²) in [5.41, 5.74) is 0. The monoisotopic (exact) mass is 224 g/mol. The van der Waals surface area contributed by atoms with Gasteiger partial charge in [-0.3, -0.25) is 0 Å². The van der Waals surface area contributed by atoms with Crippen molar-refractivity contribution in [2.75, 3.05) is 26.2 Å². The maximum Gasteiger partial charge on any atom is 0.206 e. The largest absolute Gasteiger partial charge is 0.312 e. The van der Waals surface area contributed by atoms with Crippen molar-refractivity contribution in [1.82, 2.24) is 9.13 Å². The molecule has 3 heteroatoms. The van der Waals surface area contributed by atoms with Gasteiger partial charge in [0.15, 0.2) is 0 Å². The molecule has 0 saturated carbocycles. The molecule has 3 aliphatic heterocycles. The van der Waals surface area contributed by atoms with E-state index in [0.29, 0.717) is 0 Å². The topological polar surface area (TPSA) is 6.48 Å². The minimum absolute atomic E-state index is 1.10. The predicted molar refractivity (Wildman–Crippen MR) is 66.2 cm³/mol. The lowest BCUT2D eigenvalue weighted by atomic mass is 10.4. The van der Waals surface area contributed by atoms with Crippen molar-refractivity contribution >= 4 is 8.40 Å². The maximum atomic E-state index is 2.96. The number of nitrogens with zero attached hydrogens (tertiary/aromatic N) is 2. The summed E-state index contributed by atoms with van der Waals surface area (Å²) < 4.78 is 5.93. The van der Waals surface area contributed by atoms with Crippen molar-refractivity contribution in [2.45, 2.75) is 50.6 Å². The fourth-order valence-corrected chi connectivity index (χ4v) is 9.89. The molecule has 0 N–H and O–H groups in total. The fraction of sp³-hybridized carbons (Fsp3) is 1.00. The Labute approximate surface area is 94.8 Å². The minimum atomic E-state index is -1.10. The van der Waals surface area contributed by atoms with Crippen LogP contribution in [0.15, 0.2) is 0 Å². The van der Waals surface area contributed by atoms with Gasteiger partial charge in [-0.15, -0.1) is 0 Å². The Morgan fingerprint density at radius 2 is 0.933 bits per heavy atom. The third-order valence-electron chi connectivity index (χ3n) is 4.79. The quantitative estimate of drug-likeness (QED) is 0.665. The SMILES string of the molecule is C1CCN([Si]2(N3CCCC3)CCCC2)C1. The van der Waals surface area contributed by atoms with E-state index in [4.69, 9.17) is 0 Å². The van der Waals surface area contributed by atoms with Crippen LogP contribution in [0.5, 0.6) is 0 Å². The molecule has 3 fully saturated rings. The molecule has 0 aromatic heterocycles. The van der Waals surface area contributed by atoms with Crippen molar-refractivity contribution in [3.8, 4) is 0 Å². The Balaban J connectivity index is 1.80. The third-order valence-corrected chi connectivity index (χ3v) is 10.4. The first kappa shape index (κ1) is 10.3. The summed E-state index contributed by atoms with van der Waals surface area (Å²) in [6.07, 6.45) is 8.95. The van der Waals surface area contributed by atoms with E-state index in [1.54, 1.807) is 12.1 Å². The molecule has 3 aliphatic rings. The summed E-state index contributed by atoms with van der Waals surface area (Å²) in [7, 11) is -1.10. The first-order valence-corrected chi connectivity index (χ1v) is 9.23. The lowest BCUT2D eigenvalue weighted by molar-refractivity contribution is 0.397. The smallest absolute Gasteiger partial charge is 0.206 e. The first-order chi connectivity index (χ1) is 7.42. The van der Waals surface area contributed by atoms with Gasteiger partial charge in [-0.1, -0.05) is 12.8 Å². The Bertz CT molecular complexity index is 196. The minimum Gasteiger partial charge on any atom is -0.312 e. The van der Waals surface area contributed by atoms with Gasteiger partial charge in [0.2, 0.25) is 8.40 Å². The molecule has 3 rings (SSSR count). The molecule has 3 saturated heterocycles. The summed E-state index contributed by atoms with van der Waals surface area (Å²) in [4.78, 5) is 0. The van der Waals surface area contributed by atoms with Crippen molar-refractivity contribution < 1.29 is 0 Å². The zero-order chi connectivity index (χ0) is 10.1. The zero-order valence-electron chi connectivity index (χ0n) is 9.88. The van der Waals surface area contributed by atoms with E-state index in [1.165, 1.54) is 64.7 Å². The van der Waals surface area contributed by atoms with Gasteiger partial charge in [-0.2, -0.15) is 0 Å². The average molecular weight is 224 g/mol. The van der Waals surface area contributed by atoms with E-state index in [9.17, 15) is 0 Å². The Kier molecular flexibility index (Phi) is 2.88. The second-order valence-electron chi connectivity index (χ2n) is 5.58. The van der Waals surface area contributed by atoms with Gasteiger partial charge < -0.3 is 9.13 Å². The van der Waals surface area contributed by atoms with Crippen molar-refractivity contribution in [3.63, 3.8) is 0 Å². The van der Waals surface area contributed by atoms with Gasteiger partial charge >= 0.3 is 0 Å². The molecular formula is C12H24N2Si. The molecule has 3 heterocycles. The Morgan fingerprint density at radius 3 is 1.33 bits per heavy atom. The molecule has 0 aliphatic carbocycles. The van der Waals surface area contributed by atoms with Crippen LogP contribution in [0.1, 0.15) is 38.5 Å². The van der Waals surface area contributed by atoms with E-state index in [-0.39, 0.29) is 0 Å². The van der Waals surface area contributed by atoms with Crippen LogP contribution < -0.4 is 0 Å². The molecule has 86 valence electrons. The van der Waals surface area contributed by atoms with Gasteiger partial charge in [-0.05, 0) is 64.0 Å². The number of hydrogen-bond donors (Lipinski definition) is 0. The van der Waals surface area contributed by atoms with Gasteiger partial charge in [0.25, 0.3) is 0 Å². The summed E-state index contributed by atoms with van der Waals surface area (Å²) in [5.74, 6) is 0. The van der Waals surface area contributed by atoms with Crippen molar-refractivity contribution in [1.29, 1.82) is 0 Å². The molecular weight excluding hydrogens is 200 g/mol. The maximum absolute atomic E-state index is 2.96. The zero-order valence-corrected chi connectivity index (χ0v) is 10.9. The summed E-state index contributed by atoms with van der Waals surface area (Å²) >= 11 is 0. The average Bonchev–Trinajstić information content (AvgIpc) is 3.02. The molecule has 15 heavy (non-hydrogen) atoms. The highest BCUT2D eigenvalue weighted by atomic mass is 28.3. The molecule has 0 atom stereocenters. The molecule has 0 spiro atoms. The highest BCUT2D eigenvalue weighted by Gasteiger charge is 2.48. The van der Waals surface area contributed by atoms with Crippen LogP contribution in [0.25, 0.3) is 0 Å². The lowest BCUT2D eigenvalue weighted by Crippen LogP contribution is -2.62. The normalized spacial score (nSPS) is 32.8. The van der Waals surface area contributed by atoms with Gasteiger partial charge in [-0.25, -0.2) is 0 Å². The van der Waals surface area contributed by atoms with E-state index in [0.717, 1.165) is 0 Å². The van der Waals surface area contributed by atoms with E-state index in [1.807, 2.05) is 0 Å². The van der Waals surface area contributed by atoms with Crippen LogP contribution in [-0.4, -0.2) is 43.7 Å². The third kappa shape index (κ3) is 1.69. The second kappa shape index (κ2) is 4.19. The van der Waals surface area contributed by atoms with Gasteiger partial charge in [0.05, 0.1) is 0 Å². The van der Waals surface area contributed by atoms with Gasteiger partial charge in [0.1, 0.15) is 0 Å². The van der Waals surface area contributed by atoms with E-state index < -0.39 is 8.40 Å². The van der Waals surface area contributed by atoms with Crippen molar-refractivity contribution in [2.24, 2.45) is 0 Å². The lowest BCUT2D eigenvalue weighted by Gasteiger charge is -2.43. The number of rotatable bonds is 2. The van der Waals surface area contributed by atoms with Crippen molar-refractivity contribution in [3.05, 3.63) is 0 Å². The Hall–Kier alpha value is 0.137. The Morgan fingerprint density at radius 1 is 0.533 bits per heavy atom. The highest BCUT2D eigenvalue weighted by molar-refractivity contribution is 6.75. The van der Waals surface area contributed by atoms with Crippen LogP contribution in [0.2, 0.25) is 12.1 Å². The van der Waals surface area contributed by atoms with E-state index in [2.05, 4.69) is 9.13 Å². The summed E-state index contributed by atoms with van der Waals surface area (Å²) in [5, 5.41) is 0. The first-order valence-electron chi connectivity index (χ1n) is 6.92. The predicted octanol–water partition coefficient (Wildman–Crippen LogP) is 2.41. The molecule has 0 aromatic carbocycles. The highest BCUT2D eigenvalue weighted by Crippen LogP contribution is 2.39. The summed E-state index contributed by atoms with van der Waals surface area (Å²) in [6, 6.07) is 3.18. The molecule has 0 amide bonds. The molecule has 0 unspecified atom stereocenters. The standard InChI is InChI=1S/C12H24N2Si/c1-2-8-13(7-1)15(11-5-6-12-15)14-9-3-4-10-14/h1-12H2. The van der Waals surface area contributed by atoms with E-state index >= 15 is 0 Å². The second-order valence-corrected chi connectivity index (χ2v) is 9.81. The fourth-order valence-electron chi connectivity index (χ4n) is 4.04. The van der Waals surface area contributed by atoms with Crippen LogP contribution in [0.3, 0.4) is 0 Å². The summed E-state index contributed by atoms with van der Waals surface area (Å²) in [6.45, 7) is 5.73. The van der Waals surface area contributed by atoms with Gasteiger partial charge in [0, 0.05) is 0 Å². The molecule has 2 nitrogen and oxygen atoms in total.